The Balaban J connectivity index is 2.48. The number of hydrogen-bond acceptors (Lipinski definition) is 6. The Morgan fingerprint density at radius 2 is 1.78 bits per heavy atom. The smallest absolute Gasteiger partial charge is 0.481 e. The maximum absolute atomic E-state index is 12.2. The molecular weight excluding hydrogens is 474 g/mol. The molecule has 0 bridgehead atoms. The summed E-state index contributed by atoms with van der Waals surface area (Å²) < 4.78 is 9.61. The molecule has 0 aromatic heterocycles. The van der Waals surface area contributed by atoms with E-state index in [0.29, 0.717) is 0 Å². The number of esters is 1. The van der Waals surface area contributed by atoms with E-state index in [-0.39, 0.29) is 18.6 Å². The van der Waals surface area contributed by atoms with Crippen LogP contribution in [0, 0.1) is 5.41 Å². The number of quaternary nitrogens is 1. The van der Waals surface area contributed by atoms with Gasteiger partial charge in [-0.1, -0.05) is 60.9 Å². The van der Waals surface area contributed by atoms with Crippen LogP contribution in [0.3, 0.4) is 0 Å². The van der Waals surface area contributed by atoms with E-state index in [1.807, 2.05) is 25.2 Å². The van der Waals surface area contributed by atoms with E-state index in [4.69, 9.17) is 14.6 Å². The highest BCUT2D eigenvalue weighted by Gasteiger charge is 2.33. The van der Waals surface area contributed by atoms with Crippen molar-refractivity contribution in [1.29, 1.82) is 0 Å². The van der Waals surface area contributed by atoms with Gasteiger partial charge in [0.25, 0.3) is 0 Å². The zero-order valence-electron chi connectivity index (χ0n) is 23.4. The van der Waals surface area contributed by atoms with Gasteiger partial charge in [0.1, 0.15) is 19.3 Å². The van der Waals surface area contributed by atoms with Crippen molar-refractivity contribution in [3.05, 3.63) is 58.7 Å². The van der Waals surface area contributed by atoms with Crippen LogP contribution in [-0.2, 0) is 19.1 Å². The lowest BCUT2D eigenvalue weighted by Crippen LogP contribution is -2.51. The van der Waals surface area contributed by atoms with Gasteiger partial charge in [-0.3, -0.25) is 4.79 Å². The summed E-state index contributed by atoms with van der Waals surface area (Å²) >= 11 is 0. The second kappa shape index (κ2) is 14.7. The molecular formula is C29H44NO7+. The van der Waals surface area contributed by atoms with Crippen LogP contribution in [0.1, 0.15) is 60.3 Å². The molecule has 1 unspecified atom stereocenters. The number of carboxylic acid groups (broad SMARTS) is 1. The highest BCUT2D eigenvalue weighted by Crippen LogP contribution is 2.40. The number of nitrogens with zero attached hydrogens (tertiary/aromatic N) is 1. The monoisotopic (exact) mass is 518 g/mol. The summed E-state index contributed by atoms with van der Waals surface area (Å²) in [4.78, 5) is 34.7. The van der Waals surface area contributed by atoms with E-state index in [1.165, 1.54) is 44.5 Å². The number of aliphatic hydroxyl groups excluding tert-OH is 1. The molecule has 0 saturated heterocycles. The molecule has 37 heavy (non-hydrogen) atoms. The van der Waals surface area contributed by atoms with Crippen molar-refractivity contribution in [3.63, 3.8) is 0 Å². The minimum absolute atomic E-state index is 0.0350. The van der Waals surface area contributed by atoms with Crippen molar-refractivity contribution >= 4 is 18.0 Å². The number of amides is 1. The Hall–Kier alpha value is -2.97. The van der Waals surface area contributed by atoms with Crippen LogP contribution in [0.25, 0.3) is 0 Å². The molecule has 206 valence electrons. The molecule has 0 saturated carbocycles. The Morgan fingerprint density at radius 1 is 1.11 bits per heavy atom. The number of hydrogen-bond donors (Lipinski definition) is 2. The number of likely N-dealkylation sites (N-methyl/N-ethyl adjacent to an activating group) is 1. The first-order chi connectivity index (χ1) is 17.1. The lowest BCUT2D eigenvalue weighted by Gasteiger charge is -2.32. The highest BCUT2D eigenvalue weighted by molar-refractivity contribution is 5.73. The third-order valence-corrected chi connectivity index (χ3v) is 6.31. The minimum atomic E-state index is -1.21. The van der Waals surface area contributed by atoms with E-state index >= 15 is 0 Å². The maximum Gasteiger partial charge on any atom is 0.516 e. The first-order valence-electron chi connectivity index (χ1n) is 12.6. The summed E-state index contributed by atoms with van der Waals surface area (Å²) in [6.07, 6.45) is 13.2. The Kier molecular flexibility index (Phi) is 12.7. The van der Waals surface area contributed by atoms with E-state index in [9.17, 15) is 19.5 Å². The molecule has 0 aliphatic heterocycles. The van der Waals surface area contributed by atoms with Crippen molar-refractivity contribution in [2.75, 3.05) is 33.9 Å². The van der Waals surface area contributed by atoms with Crippen LogP contribution >= 0.6 is 0 Å². The topological polar surface area (TPSA) is 110 Å². The minimum Gasteiger partial charge on any atom is -0.481 e. The number of carbonyl (C=O) groups is 3. The molecule has 8 nitrogen and oxygen atoms in total. The molecule has 1 atom stereocenters. The van der Waals surface area contributed by atoms with Gasteiger partial charge in [-0.25, -0.2) is 9.28 Å². The van der Waals surface area contributed by atoms with Crippen molar-refractivity contribution in [3.8, 4) is 0 Å². The lowest BCUT2D eigenvalue weighted by atomic mass is 9.72. The second-order valence-electron chi connectivity index (χ2n) is 10.8. The second-order valence-corrected chi connectivity index (χ2v) is 10.8. The van der Waals surface area contributed by atoms with Gasteiger partial charge in [0.2, 0.25) is 0 Å². The molecule has 0 aromatic carbocycles. The van der Waals surface area contributed by atoms with E-state index < -0.39 is 41.6 Å². The largest absolute Gasteiger partial charge is 0.516 e. The Morgan fingerprint density at radius 3 is 2.41 bits per heavy atom. The van der Waals surface area contributed by atoms with Crippen LogP contribution in [0.2, 0.25) is 0 Å². The van der Waals surface area contributed by atoms with Crippen LogP contribution in [-0.4, -0.2) is 72.7 Å². The van der Waals surface area contributed by atoms with Gasteiger partial charge in [0.05, 0.1) is 20.5 Å². The summed E-state index contributed by atoms with van der Waals surface area (Å²) in [6, 6.07) is 0. The number of rotatable bonds is 12. The fourth-order valence-corrected chi connectivity index (χ4v) is 4.17. The third-order valence-electron chi connectivity index (χ3n) is 6.31. The maximum atomic E-state index is 12.2. The molecule has 0 fully saturated rings. The van der Waals surface area contributed by atoms with Gasteiger partial charge in [-0.05, 0) is 57.1 Å². The molecule has 0 aromatic rings. The van der Waals surface area contributed by atoms with E-state index in [2.05, 4.69) is 39.8 Å². The average molecular weight is 519 g/mol. The first-order valence-corrected chi connectivity index (χ1v) is 12.6. The molecule has 0 radical (unpaired) electrons. The van der Waals surface area contributed by atoms with Crippen LogP contribution in [0.15, 0.2) is 58.7 Å². The third kappa shape index (κ3) is 12.2. The first kappa shape index (κ1) is 32.1. The SMILES string of the molecule is CC(C=CC1=C(C)CCCC1(C)C)=CC=CC(C)=CCOC(=O)COC(=O)[N+](C)(C)CC(O)CC(=O)O. The van der Waals surface area contributed by atoms with Gasteiger partial charge in [0, 0.05) is 0 Å². The van der Waals surface area contributed by atoms with Crippen molar-refractivity contribution < 1.29 is 38.6 Å². The van der Waals surface area contributed by atoms with Crippen LogP contribution in [0.4, 0.5) is 4.79 Å². The summed E-state index contributed by atoms with van der Waals surface area (Å²) in [5, 5.41) is 18.5. The van der Waals surface area contributed by atoms with Crippen molar-refractivity contribution in [1.82, 2.24) is 0 Å². The number of aliphatic carboxylic acids is 1. The van der Waals surface area contributed by atoms with Crippen LogP contribution in [0.5, 0.6) is 0 Å². The molecule has 1 rings (SSSR count). The predicted octanol–water partition coefficient (Wildman–Crippen LogP) is 5.11. The molecule has 8 heteroatoms. The fraction of sp³-hybridized carbons (Fsp3) is 0.552. The molecule has 2 N–H and O–H groups in total. The average Bonchev–Trinajstić information content (AvgIpc) is 2.75. The predicted molar refractivity (Wildman–Crippen MR) is 144 cm³/mol. The number of carboxylic acids is 1. The summed E-state index contributed by atoms with van der Waals surface area (Å²) in [7, 11) is 2.91. The molecule has 1 amide bonds. The lowest BCUT2D eigenvalue weighted by molar-refractivity contribution is -0.820. The summed E-state index contributed by atoms with van der Waals surface area (Å²) in [5.74, 6) is -1.87. The quantitative estimate of drug-likeness (QED) is 0.210. The van der Waals surface area contributed by atoms with Gasteiger partial charge >= 0.3 is 18.0 Å². The fourth-order valence-electron chi connectivity index (χ4n) is 4.17. The van der Waals surface area contributed by atoms with Gasteiger partial charge in [-0.15, -0.1) is 0 Å². The summed E-state index contributed by atoms with van der Waals surface area (Å²) in [5.41, 5.74) is 5.16. The number of aliphatic hydroxyl groups is 1. The normalized spacial score (nSPS) is 17.8. The van der Waals surface area contributed by atoms with Gasteiger partial charge in [0.15, 0.2) is 6.61 Å². The summed E-state index contributed by atoms with van der Waals surface area (Å²) in [6.45, 7) is 10.1. The number of ether oxygens (including phenoxy) is 2. The molecule has 1 aliphatic carbocycles. The van der Waals surface area contributed by atoms with Gasteiger partial charge in [-0.2, -0.15) is 4.79 Å². The molecule has 1 aliphatic rings. The number of allylic oxidation sites excluding steroid dienone is 9. The number of carbonyl (C=O) groups excluding carboxylic acids is 2. The Labute approximate surface area is 221 Å². The molecule has 0 heterocycles. The highest BCUT2D eigenvalue weighted by atomic mass is 16.6. The van der Waals surface area contributed by atoms with Gasteiger partial charge < -0.3 is 19.7 Å². The standard InChI is InChI=1S/C29H43NO7/c1-21(13-14-25-23(3)12-9-16-29(25,4)5)10-8-11-22(2)15-17-36-27(34)20-37-28(35)30(6,7)19-24(31)18-26(32)33/h8,10-11,13-15,24,31H,9,12,16-20H2,1-7H3/p+1. The van der Waals surface area contributed by atoms with Crippen molar-refractivity contribution in [2.45, 2.75) is 66.4 Å². The Bertz CT molecular complexity index is 980. The zero-order valence-corrected chi connectivity index (χ0v) is 23.4. The van der Waals surface area contributed by atoms with E-state index in [0.717, 1.165) is 11.1 Å². The van der Waals surface area contributed by atoms with Crippen molar-refractivity contribution in [2.24, 2.45) is 5.41 Å². The zero-order chi connectivity index (χ0) is 28.2. The van der Waals surface area contributed by atoms with Crippen LogP contribution < -0.4 is 0 Å². The van der Waals surface area contributed by atoms with E-state index in [1.54, 1.807) is 6.08 Å². The molecule has 0 spiro atoms.